The van der Waals surface area contributed by atoms with Crippen LogP contribution in [0.1, 0.15) is 0 Å². The molecule has 2 aliphatic rings. The molecule has 0 aromatic carbocycles. The second-order valence-electron chi connectivity index (χ2n) is 4.47. The monoisotopic (exact) mass is 292 g/mol. The van der Waals surface area contributed by atoms with E-state index in [-0.39, 0.29) is 19.8 Å². The molecule has 2 N–H and O–H groups in total. The number of hydrogen-bond donors (Lipinski definition) is 1. The van der Waals surface area contributed by atoms with Crippen molar-refractivity contribution < 1.29 is 15.1 Å². The Balaban J connectivity index is 2.22. The van der Waals surface area contributed by atoms with E-state index in [1.807, 2.05) is 0 Å². The molecule has 2 aliphatic heterocycles. The zero-order valence-corrected chi connectivity index (χ0v) is 10.1. The lowest BCUT2D eigenvalue weighted by molar-refractivity contribution is -0.697. The van der Waals surface area contributed by atoms with Gasteiger partial charge in [-0.2, -0.15) is 0 Å². The molecule has 0 amide bonds. The van der Waals surface area contributed by atoms with Crippen molar-refractivity contribution in [3.05, 3.63) is 30.3 Å². The van der Waals surface area contributed by atoms with Crippen LogP contribution in [-0.4, -0.2) is 73.6 Å². The van der Waals surface area contributed by atoms with E-state index in [1.54, 1.807) is 0 Å². The Morgan fingerprint density at radius 3 is 1.85 bits per heavy atom. The summed E-state index contributed by atoms with van der Waals surface area (Å²) in [6, 6.07) is -1.89. The van der Waals surface area contributed by atoms with E-state index in [0.29, 0.717) is 10.0 Å². The zero-order chi connectivity index (χ0) is 15.0. The summed E-state index contributed by atoms with van der Waals surface area (Å²) in [5, 5.41) is 33.5. The molecule has 2 fully saturated rings. The van der Waals surface area contributed by atoms with E-state index in [4.69, 9.17) is 5.84 Å². The topological polar surface area (TPSA) is 168 Å². The molecule has 14 heteroatoms. The lowest BCUT2D eigenvalue weighted by Crippen LogP contribution is -2.52. The Morgan fingerprint density at radius 2 is 1.35 bits per heavy atom. The van der Waals surface area contributed by atoms with Gasteiger partial charge >= 0.3 is 0 Å². The van der Waals surface area contributed by atoms with Crippen molar-refractivity contribution in [2.45, 2.75) is 12.1 Å². The average Bonchev–Trinajstić information content (AvgIpc) is 2.91. The molecule has 14 nitrogen and oxygen atoms in total. The van der Waals surface area contributed by atoms with Crippen LogP contribution in [0.5, 0.6) is 0 Å². The van der Waals surface area contributed by atoms with Gasteiger partial charge in [0.1, 0.15) is 25.3 Å². The lowest BCUT2D eigenvalue weighted by atomic mass is 10.1. The molecule has 2 saturated heterocycles. The first-order chi connectivity index (χ1) is 9.31. The van der Waals surface area contributed by atoms with Crippen LogP contribution in [-0.2, 0) is 0 Å². The van der Waals surface area contributed by atoms with E-state index in [9.17, 15) is 30.3 Å². The van der Waals surface area contributed by atoms with E-state index in [1.165, 1.54) is 0 Å². The lowest BCUT2D eigenvalue weighted by Gasteiger charge is -2.22. The fourth-order valence-corrected chi connectivity index (χ4v) is 2.43. The summed E-state index contributed by atoms with van der Waals surface area (Å²) >= 11 is 0. The van der Waals surface area contributed by atoms with E-state index in [2.05, 4.69) is 0 Å². The molecule has 0 saturated carbocycles. The van der Waals surface area contributed by atoms with Crippen molar-refractivity contribution in [3.8, 4) is 0 Å². The highest BCUT2D eigenvalue weighted by molar-refractivity contribution is 4.90. The quantitative estimate of drug-likeness (QED) is 0.325. The second kappa shape index (κ2) is 4.89. The van der Waals surface area contributed by atoms with Crippen molar-refractivity contribution in [2.75, 3.05) is 26.4 Å². The molecular formula is C6H12N8O6. The molecular weight excluding hydrogens is 280 g/mol. The van der Waals surface area contributed by atoms with Gasteiger partial charge in [-0.3, -0.25) is 5.84 Å². The van der Waals surface area contributed by atoms with Gasteiger partial charge in [0.15, 0.2) is 15.1 Å². The van der Waals surface area contributed by atoms with Crippen LogP contribution in [0, 0.1) is 30.3 Å². The summed E-state index contributed by atoms with van der Waals surface area (Å²) in [7, 11) is 0. The number of rotatable bonds is 4. The Morgan fingerprint density at radius 1 is 0.850 bits per heavy atom. The summed E-state index contributed by atoms with van der Waals surface area (Å²) in [4.78, 5) is 32.6. The van der Waals surface area contributed by atoms with E-state index in [0.717, 1.165) is 10.0 Å². The fraction of sp³-hybridized carbons (Fsp3) is 1.00. The van der Waals surface area contributed by atoms with Crippen LogP contribution in [0.3, 0.4) is 0 Å². The largest absolute Gasteiger partial charge is 0.267 e. The van der Waals surface area contributed by atoms with Gasteiger partial charge in [-0.25, -0.2) is 35.4 Å². The van der Waals surface area contributed by atoms with Crippen molar-refractivity contribution in [2.24, 2.45) is 5.84 Å². The molecule has 0 radical (unpaired) electrons. The third-order valence-corrected chi connectivity index (χ3v) is 3.31. The predicted octanol–water partition coefficient (Wildman–Crippen LogP) is -2.68. The Labute approximate surface area is 111 Å². The molecule has 2 heterocycles. The Kier molecular flexibility index (Phi) is 3.41. The Bertz CT molecular complexity index is 445. The molecule has 112 valence electrons. The van der Waals surface area contributed by atoms with Crippen LogP contribution < -0.4 is 5.84 Å². The first-order valence-corrected chi connectivity index (χ1v) is 5.52. The number of nitro groups is 3. The number of nitrogens with zero attached hydrogens (tertiary/aromatic N) is 7. The van der Waals surface area contributed by atoms with Crippen LogP contribution in [0.4, 0.5) is 0 Å². The number of hydrazine groups is 4. The summed E-state index contributed by atoms with van der Waals surface area (Å²) in [5.74, 6) is 5.49. The van der Waals surface area contributed by atoms with Crippen LogP contribution >= 0.6 is 0 Å². The van der Waals surface area contributed by atoms with Crippen molar-refractivity contribution in [3.63, 3.8) is 0 Å². The molecule has 2 rings (SSSR count). The molecule has 0 spiro atoms. The maximum Gasteiger partial charge on any atom is 0.208 e. The van der Waals surface area contributed by atoms with Gasteiger partial charge in [0, 0.05) is 6.54 Å². The summed E-state index contributed by atoms with van der Waals surface area (Å²) in [6.07, 6.45) is 0. The number of nitrogens with two attached hydrogens (primary N) is 1. The Hall–Kier alpha value is -2.48. The molecule has 20 heavy (non-hydrogen) atoms. The van der Waals surface area contributed by atoms with Gasteiger partial charge in [0.2, 0.25) is 6.67 Å². The van der Waals surface area contributed by atoms with Crippen molar-refractivity contribution in [1.82, 2.24) is 20.0 Å². The van der Waals surface area contributed by atoms with Gasteiger partial charge in [0.25, 0.3) is 0 Å². The molecule has 0 bridgehead atoms. The number of hydrogen-bond acceptors (Lipinski definition) is 8. The fourth-order valence-electron chi connectivity index (χ4n) is 2.43. The third kappa shape index (κ3) is 2.32. The minimum atomic E-state index is -0.991. The van der Waals surface area contributed by atoms with Gasteiger partial charge in [-0.1, -0.05) is 5.01 Å². The minimum absolute atomic E-state index is 0.0154. The van der Waals surface area contributed by atoms with Gasteiger partial charge in [-0.05, 0) is 0 Å². The highest BCUT2D eigenvalue weighted by Crippen LogP contribution is 2.23. The van der Waals surface area contributed by atoms with Gasteiger partial charge in [0.05, 0.1) is 0 Å². The summed E-state index contributed by atoms with van der Waals surface area (Å²) in [6.45, 7) is -0.992. The summed E-state index contributed by atoms with van der Waals surface area (Å²) < 4.78 is 0. The highest BCUT2D eigenvalue weighted by Gasteiger charge is 2.53. The predicted molar refractivity (Wildman–Crippen MR) is 59.6 cm³/mol. The van der Waals surface area contributed by atoms with Gasteiger partial charge in [-0.15, -0.1) is 10.0 Å². The molecule has 0 aromatic rings. The average molecular weight is 292 g/mol. The normalized spacial score (nSPS) is 27.1. The van der Waals surface area contributed by atoms with Gasteiger partial charge < -0.3 is 0 Å². The standard InChI is InChI=1S/C6H12N8O6/c7-8-1-5(10(3-8)13(17)18)6-2-9(12(15)16)4-11(6)14(19)20/h5-6H,1-4,7H2. The van der Waals surface area contributed by atoms with E-state index < -0.39 is 33.8 Å². The van der Waals surface area contributed by atoms with Crippen LogP contribution in [0.15, 0.2) is 0 Å². The molecule has 0 aromatic heterocycles. The van der Waals surface area contributed by atoms with Crippen LogP contribution in [0.25, 0.3) is 0 Å². The summed E-state index contributed by atoms with van der Waals surface area (Å²) in [5.41, 5.74) is 0. The molecule has 0 aliphatic carbocycles. The molecule has 2 unspecified atom stereocenters. The maximum atomic E-state index is 10.9. The minimum Gasteiger partial charge on any atom is -0.267 e. The van der Waals surface area contributed by atoms with Crippen molar-refractivity contribution >= 4 is 0 Å². The first kappa shape index (κ1) is 13.9. The van der Waals surface area contributed by atoms with Crippen LogP contribution in [0.2, 0.25) is 0 Å². The molecule has 2 atom stereocenters. The highest BCUT2D eigenvalue weighted by atomic mass is 16.7. The SMILES string of the molecule is NN1CC(C2CN([N+](=O)[O-])CN2[N+](=O)[O-])N([N+](=O)[O-])C1. The second-order valence-corrected chi connectivity index (χ2v) is 4.47. The smallest absolute Gasteiger partial charge is 0.208 e. The maximum absolute atomic E-state index is 10.9. The third-order valence-electron chi connectivity index (χ3n) is 3.31. The first-order valence-electron chi connectivity index (χ1n) is 5.52. The zero-order valence-electron chi connectivity index (χ0n) is 10.1. The van der Waals surface area contributed by atoms with E-state index >= 15 is 0 Å². The van der Waals surface area contributed by atoms with Crippen molar-refractivity contribution in [1.29, 1.82) is 0 Å².